The molecule has 0 saturated heterocycles. The van der Waals surface area contributed by atoms with Crippen molar-refractivity contribution in [2.45, 2.75) is 38.6 Å². The van der Waals surface area contributed by atoms with Gasteiger partial charge < -0.3 is 10.6 Å². The molecule has 1 aliphatic carbocycles. The summed E-state index contributed by atoms with van der Waals surface area (Å²) in [7, 11) is 0. The molecule has 1 aliphatic heterocycles. The summed E-state index contributed by atoms with van der Waals surface area (Å²) in [6.45, 7) is 3.55. The van der Waals surface area contributed by atoms with E-state index in [2.05, 4.69) is 30.0 Å². The number of nitrogens with two attached hydrogens (primary N) is 1. The Balaban J connectivity index is 1.85. The summed E-state index contributed by atoms with van der Waals surface area (Å²) in [5.41, 5.74) is 8.59. The molecule has 3 atom stereocenters. The number of carbonyl (C=O) groups is 1. The summed E-state index contributed by atoms with van der Waals surface area (Å²) in [5, 5.41) is 0. The molecule has 1 aromatic carbocycles. The van der Waals surface area contributed by atoms with Gasteiger partial charge in [-0.2, -0.15) is 0 Å². The zero-order valence-electron chi connectivity index (χ0n) is 12.2. The number of benzene rings is 1. The van der Waals surface area contributed by atoms with Gasteiger partial charge in [-0.25, -0.2) is 0 Å². The van der Waals surface area contributed by atoms with E-state index in [1.54, 1.807) is 0 Å². The molecule has 3 nitrogen and oxygen atoms in total. The van der Waals surface area contributed by atoms with Gasteiger partial charge >= 0.3 is 0 Å². The Morgan fingerprint density at radius 1 is 1.35 bits per heavy atom. The van der Waals surface area contributed by atoms with E-state index >= 15 is 0 Å². The smallest absolute Gasteiger partial charge is 0.226 e. The van der Waals surface area contributed by atoms with Crippen molar-refractivity contribution in [3.8, 4) is 0 Å². The molecule has 2 N–H and O–H groups in total. The molecule has 3 rings (SSSR count). The zero-order valence-corrected chi connectivity index (χ0v) is 12.2. The van der Waals surface area contributed by atoms with E-state index < -0.39 is 0 Å². The van der Waals surface area contributed by atoms with Gasteiger partial charge in [-0.1, -0.05) is 37.6 Å². The largest absolute Gasteiger partial charge is 0.334 e. The normalized spacial score (nSPS) is 29.3. The van der Waals surface area contributed by atoms with Crippen LogP contribution in [0.5, 0.6) is 0 Å². The van der Waals surface area contributed by atoms with Crippen molar-refractivity contribution >= 4 is 5.91 Å². The van der Waals surface area contributed by atoms with E-state index in [0.717, 1.165) is 19.4 Å². The maximum atomic E-state index is 12.9. The highest BCUT2D eigenvalue weighted by Gasteiger charge is 2.37. The highest BCUT2D eigenvalue weighted by atomic mass is 16.2. The lowest BCUT2D eigenvalue weighted by Crippen LogP contribution is -2.46. The molecule has 1 saturated carbocycles. The Labute approximate surface area is 121 Å². The minimum atomic E-state index is 0.0697. The third-order valence-electron chi connectivity index (χ3n) is 5.10. The molecule has 1 fully saturated rings. The lowest BCUT2D eigenvalue weighted by molar-refractivity contribution is -0.139. The summed E-state index contributed by atoms with van der Waals surface area (Å²) in [6, 6.07) is 8.49. The highest BCUT2D eigenvalue weighted by Crippen LogP contribution is 2.36. The summed E-state index contributed by atoms with van der Waals surface area (Å²) < 4.78 is 0. The highest BCUT2D eigenvalue weighted by molar-refractivity contribution is 5.80. The number of amides is 1. The van der Waals surface area contributed by atoms with Gasteiger partial charge in [-0.05, 0) is 36.3 Å². The van der Waals surface area contributed by atoms with Crippen molar-refractivity contribution in [3.05, 3.63) is 35.4 Å². The van der Waals surface area contributed by atoms with Gasteiger partial charge in [0.25, 0.3) is 0 Å². The third kappa shape index (κ3) is 2.24. The van der Waals surface area contributed by atoms with Crippen molar-refractivity contribution in [3.63, 3.8) is 0 Å². The van der Waals surface area contributed by atoms with Crippen LogP contribution >= 0.6 is 0 Å². The van der Waals surface area contributed by atoms with Crippen LogP contribution in [0.25, 0.3) is 0 Å². The first-order valence-corrected chi connectivity index (χ1v) is 7.80. The van der Waals surface area contributed by atoms with Crippen LogP contribution in [0.3, 0.4) is 0 Å². The maximum Gasteiger partial charge on any atom is 0.226 e. The average molecular weight is 272 g/mol. The van der Waals surface area contributed by atoms with E-state index in [1.807, 2.05) is 6.07 Å². The van der Waals surface area contributed by atoms with E-state index in [-0.39, 0.29) is 12.0 Å². The fraction of sp³-hybridized carbons (Fsp3) is 0.588. The van der Waals surface area contributed by atoms with Crippen molar-refractivity contribution < 1.29 is 4.79 Å². The Morgan fingerprint density at radius 2 is 2.15 bits per heavy atom. The van der Waals surface area contributed by atoms with Crippen molar-refractivity contribution in [2.75, 3.05) is 13.1 Å². The molecular weight excluding hydrogens is 248 g/mol. The zero-order chi connectivity index (χ0) is 14.1. The maximum absolute atomic E-state index is 12.9. The lowest BCUT2D eigenvalue weighted by atomic mass is 9.89. The van der Waals surface area contributed by atoms with Gasteiger partial charge in [0.15, 0.2) is 0 Å². The number of rotatable bonds is 2. The summed E-state index contributed by atoms with van der Waals surface area (Å²) in [5.74, 6) is 1.08. The minimum absolute atomic E-state index is 0.0697. The molecule has 3 heteroatoms. The van der Waals surface area contributed by atoms with Crippen LogP contribution in [0, 0.1) is 11.8 Å². The molecule has 1 heterocycles. The van der Waals surface area contributed by atoms with Crippen LogP contribution in [-0.2, 0) is 11.2 Å². The molecule has 108 valence electrons. The van der Waals surface area contributed by atoms with Crippen LogP contribution in [0.1, 0.15) is 43.4 Å². The van der Waals surface area contributed by atoms with Crippen molar-refractivity contribution in [2.24, 2.45) is 17.6 Å². The number of hydrogen-bond donors (Lipinski definition) is 1. The Hall–Kier alpha value is -1.35. The first-order chi connectivity index (χ1) is 9.72. The number of carbonyl (C=O) groups excluding carboxylic acids is 1. The van der Waals surface area contributed by atoms with Crippen molar-refractivity contribution in [1.82, 2.24) is 4.90 Å². The molecule has 0 aromatic heterocycles. The number of hydrogen-bond acceptors (Lipinski definition) is 2. The van der Waals surface area contributed by atoms with Crippen LogP contribution in [0.15, 0.2) is 24.3 Å². The second-order valence-electron chi connectivity index (χ2n) is 6.25. The van der Waals surface area contributed by atoms with Gasteiger partial charge in [-0.3, -0.25) is 4.79 Å². The topological polar surface area (TPSA) is 46.3 Å². The quantitative estimate of drug-likeness (QED) is 0.899. The number of fused-ring (bicyclic) bond motifs is 1. The Bertz CT molecular complexity index is 500. The molecule has 1 aromatic rings. The van der Waals surface area contributed by atoms with E-state index in [0.29, 0.717) is 18.4 Å². The molecule has 3 unspecified atom stereocenters. The average Bonchev–Trinajstić information content (AvgIpc) is 2.91. The van der Waals surface area contributed by atoms with E-state index in [9.17, 15) is 4.79 Å². The molecule has 0 spiro atoms. The SMILES string of the molecule is CC1CCCC1C(=O)N1CCc2ccccc2C1CN. The summed E-state index contributed by atoms with van der Waals surface area (Å²) in [4.78, 5) is 14.9. The lowest BCUT2D eigenvalue weighted by Gasteiger charge is -2.38. The monoisotopic (exact) mass is 272 g/mol. The Kier molecular flexibility index (Phi) is 3.79. The standard InChI is InChI=1S/C17H24N2O/c1-12-5-4-8-14(12)17(20)19-10-9-13-6-2-3-7-15(13)16(19)11-18/h2-3,6-7,12,14,16H,4-5,8-11,18H2,1H3. The molecular formula is C17H24N2O. The van der Waals surface area contributed by atoms with Crippen LogP contribution < -0.4 is 5.73 Å². The van der Waals surface area contributed by atoms with Crippen LogP contribution in [0.4, 0.5) is 0 Å². The molecule has 1 amide bonds. The van der Waals surface area contributed by atoms with Crippen LogP contribution in [0.2, 0.25) is 0 Å². The second kappa shape index (κ2) is 5.57. The first kappa shape index (κ1) is 13.6. The van der Waals surface area contributed by atoms with Crippen molar-refractivity contribution in [1.29, 1.82) is 0 Å². The molecule has 0 bridgehead atoms. The van der Waals surface area contributed by atoms with Gasteiger partial charge in [0.2, 0.25) is 5.91 Å². The van der Waals surface area contributed by atoms with Gasteiger partial charge in [0, 0.05) is 19.0 Å². The fourth-order valence-electron chi connectivity index (χ4n) is 3.89. The van der Waals surface area contributed by atoms with E-state index in [4.69, 9.17) is 5.73 Å². The second-order valence-corrected chi connectivity index (χ2v) is 6.25. The molecule has 0 radical (unpaired) electrons. The van der Waals surface area contributed by atoms with Crippen LogP contribution in [-0.4, -0.2) is 23.9 Å². The van der Waals surface area contributed by atoms with Gasteiger partial charge in [0.1, 0.15) is 0 Å². The Morgan fingerprint density at radius 3 is 2.85 bits per heavy atom. The first-order valence-electron chi connectivity index (χ1n) is 7.80. The molecule has 20 heavy (non-hydrogen) atoms. The molecule has 2 aliphatic rings. The van der Waals surface area contributed by atoms with E-state index in [1.165, 1.54) is 24.0 Å². The van der Waals surface area contributed by atoms with Gasteiger partial charge in [0.05, 0.1) is 6.04 Å². The fourth-order valence-corrected chi connectivity index (χ4v) is 3.89. The summed E-state index contributed by atoms with van der Waals surface area (Å²) in [6.07, 6.45) is 4.39. The third-order valence-corrected chi connectivity index (χ3v) is 5.10. The predicted octanol–water partition coefficient (Wildman–Crippen LogP) is 2.51. The predicted molar refractivity (Wildman–Crippen MR) is 80.2 cm³/mol. The summed E-state index contributed by atoms with van der Waals surface area (Å²) >= 11 is 0. The number of nitrogens with zero attached hydrogens (tertiary/aromatic N) is 1. The van der Waals surface area contributed by atoms with Gasteiger partial charge in [-0.15, -0.1) is 0 Å². The minimum Gasteiger partial charge on any atom is -0.334 e.